The number of anilines is 2. The molecule has 4 N–H and O–H groups in total. The first-order valence-corrected chi connectivity index (χ1v) is 11.7. The van der Waals surface area contributed by atoms with Crippen molar-refractivity contribution < 1.29 is 9.59 Å². The number of nitrogens with zero attached hydrogens (tertiary/aromatic N) is 4. The number of carbonyl (C=O) groups excluding carboxylic acids is 2. The van der Waals surface area contributed by atoms with Crippen LogP contribution in [0.5, 0.6) is 0 Å². The summed E-state index contributed by atoms with van der Waals surface area (Å²) in [5, 5.41) is 17.6. The summed E-state index contributed by atoms with van der Waals surface area (Å²) in [5.74, 6) is -0.422. The Hall–Kier alpha value is -3.40. The van der Waals surface area contributed by atoms with Gasteiger partial charge in [0.25, 0.3) is 11.8 Å². The minimum atomic E-state index is -0.791. The van der Waals surface area contributed by atoms with Gasteiger partial charge >= 0.3 is 0 Å². The van der Waals surface area contributed by atoms with Gasteiger partial charge in [-0.15, -0.1) is 0 Å². The van der Waals surface area contributed by atoms with Gasteiger partial charge in [0.1, 0.15) is 12.0 Å². The van der Waals surface area contributed by atoms with Crippen LogP contribution in [-0.2, 0) is 4.79 Å². The SMILES string of the molecule is CNCC(NC(=O)c1nc(C2CC2)ccc1Nc1cncnc1)C(=N)C(=O)N1CCCC1(C)C. The maximum Gasteiger partial charge on any atom is 0.272 e. The van der Waals surface area contributed by atoms with Gasteiger partial charge in [-0.25, -0.2) is 15.0 Å². The molecule has 3 heterocycles. The number of aromatic nitrogens is 3. The van der Waals surface area contributed by atoms with Crippen LogP contribution in [0.25, 0.3) is 0 Å². The van der Waals surface area contributed by atoms with Crippen LogP contribution in [0.1, 0.15) is 61.6 Å². The zero-order valence-electron chi connectivity index (χ0n) is 19.9. The molecular formula is C24H32N8O2. The molecular weight excluding hydrogens is 432 g/mol. The standard InChI is InChI=1S/C24H32N8O2/c1-24(2)9-4-10-32(24)23(34)20(25)19(13-26-3)31-22(33)21-18(29-16-11-27-14-28-12-16)8-7-17(30-21)15-5-6-15/h7-8,11-12,14-15,19,25-26,29H,4-6,9-10,13H2,1-3H3,(H,31,33). The Kier molecular flexibility index (Phi) is 6.87. The predicted octanol–water partition coefficient (Wildman–Crippen LogP) is 2.23. The first-order chi connectivity index (χ1) is 16.3. The summed E-state index contributed by atoms with van der Waals surface area (Å²) >= 11 is 0. The van der Waals surface area contributed by atoms with E-state index in [9.17, 15) is 9.59 Å². The van der Waals surface area contributed by atoms with E-state index >= 15 is 0 Å². The number of likely N-dealkylation sites (tertiary alicyclic amines) is 1. The lowest BCUT2D eigenvalue weighted by Crippen LogP contribution is -2.55. The van der Waals surface area contributed by atoms with E-state index in [1.54, 1.807) is 24.3 Å². The molecule has 2 aromatic heterocycles. The minimum absolute atomic E-state index is 0.137. The van der Waals surface area contributed by atoms with Crippen molar-refractivity contribution in [2.24, 2.45) is 0 Å². The van der Waals surface area contributed by atoms with Crippen molar-refractivity contribution in [3.63, 3.8) is 0 Å². The molecule has 1 atom stereocenters. The number of amides is 2. The second-order valence-corrected chi connectivity index (χ2v) is 9.53. The van der Waals surface area contributed by atoms with E-state index in [1.807, 2.05) is 26.0 Å². The Morgan fingerprint density at radius 2 is 1.97 bits per heavy atom. The number of rotatable bonds is 9. The van der Waals surface area contributed by atoms with E-state index in [4.69, 9.17) is 5.41 Å². The maximum atomic E-state index is 13.4. The summed E-state index contributed by atoms with van der Waals surface area (Å²) in [6.45, 7) is 4.89. The Morgan fingerprint density at radius 1 is 1.24 bits per heavy atom. The highest BCUT2D eigenvalue weighted by atomic mass is 16.2. The topological polar surface area (TPSA) is 136 Å². The fraction of sp³-hybridized carbons (Fsp3) is 0.500. The minimum Gasteiger partial charge on any atom is -0.351 e. The van der Waals surface area contributed by atoms with Crippen LogP contribution in [0.3, 0.4) is 0 Å². The predicted molar refractivity (Wildman–Crippen MR) is 129 cm³/mol. The number of hydrogen-bond acceptors (Lipinski definition) is 8. The number of likely N-dealkylation sites (N-methyl/N-ethyl adjacent to an activating group) is 1. The lowest BCUT2D eigenvalue weighted by molar-refractivity contribution is -0.127. The summed E-state index contributed by atoms with van der Waals surface area (Å²) in [5.41, 5.74) is 1.79. The molecule has 0 radical (unpaired) electrons. The Bertz CT molecular complexity index is 1070. The molecule has 2 amide bonds. The molecule has 0 aromatic carbocycles. The summed E-state index contributed by atoms with van der Waals surface area (Å²) in [4.78, 5) is 40.9. The zero-order chi connectivity index (χ0) is 24.3. The Balaban J connectivity index is 1.56. The van der Waals surface area contributed by atoms with Gasteiger partial charge < -0.3 is 20.9 Å². The van der Waals surface area contributed by atoms with E-state index in [0.717, 1.165) is 31.4 Å². The van der Waals surface area contributed by atoms with Gasteiger partial charge in [0.2, 0.25) is 0 Å². The lowest BCUT2D eigenvalue weighted by atomic mass is 10.0. The van der Waals surface area contributed by atoms with E-state index in [0.29, 0.717) is 23.8 Å². The molecule has 1 unspecified atom stereocenters. The Labute approximate surface area is 199 Å². The van der Waals surface area contributed by atoms with Crippen LogP contribution < -0.4 is 16.0 Å². The van der Waals surface area contributed by atoms with Crippen LogP contribution in [-0.4, -0.2) is 69.1 Å². The van der Waals surface area contributed by atoms with Gasteiger partial charge in [0.05, 0.1) is 29.8 Å². The molecule has 1 saturated carbocycles. The number of pyridine rings is 1. The average molecular weight is 465 g/mol. The zero-order valence-corrected chi connectivity index (χ0v) is 19.9. The second kappa shape index (κ2) is 9.84. The highest BCUT2D eigenvalue weighted by Gasteiger charge is 2.39. The number of carbonyl (C=O) groups is 2. The van der Waals surface area contributed by atoms with Crippen LogP contribution in [0.4, 0.5) is 11.4 Å². The van der Waals surface area contributed by atoms with Crippen molar-refractivity contribution in [3.05, 3.63) is 42.2 Å². The van der Waals surface area contributed by atoms with E-state index in [2.05, 4.69) is 30.9 Å². The number of hydrogen-bond donors (Lipinski definition) is 4. The summed E-state index contributed by atoms with van der Waals surface area (Å²) < 4.78 is 0. The van der Waals surface area contributed by atoms with Crippen molar-refractivity contribution in [1.82, 2.24) is 30.5 Å². The molecule has 180 valence electrons. The molecule has 0 bridgehead atoms. The van der Waals surface area contributed by atoms with Crippen molar-refractivity contribution in [3.8, 4) is 0 Å². The van der Waals surface area contributed by atoms with Crippen molar-refractivity contribution in [1.29, 1.82) is 5.41 Å². The normalized spacial score (nSPS) is 17.8. The Morgan fingerprint density at radius 3 is 2.59 bits per heavy atom. The van der Waals surface area contributed by atoms with Gasteiger partial charge in [-0.2, -0.15) is 0 Å². The van der Waals surface area contributed by atoms with Crippen LogP contribution in [0.2, 0.25) is 0 Å². The first kappa shape index (κ1) is 23.7. The first-order valence-electron chi connectivity index (χ1n) is 11.7. The summed E-state index contributed by atoms with van der Waals surface area (Å²) in [6.07, 6.45) is 8.57. The van der Waals surface area contributed by atoms with E-state index < -0.39 is 11.9 Å². The second-order valence-electron chi connectivity index (χ2n) is 9.53. The highest BCUT2D eigenvalue weighted by molar-refractivity contribution is 6.40. The van der Waals surface area contributed by atoms with Gasteiger partial charge in [-0.1, -0.05) is 0 Å². The van der Waals surface area contributed by atoms with Crippen LogP contribution >= 0.6 is 0 Å². The van der Waals surface area contributed by atoms with Crippen molar-refractivity contribution in [2.45, 2.75) is 57.0 Å². The monoisotopic (exact) mass is 464 g/mol. The molecule has 2 aromatic rings. The molecule has 10 heteroatoms. The van der Waals surface area contributed by atoms with Crippen LogP contribution in [0.15, 0.2) is 30.9 Å². The quantitative estimate of drug-likeness (QED) is 0.418. The van der Waals surface area contributed by atoms with Gasteiger partial charge in [0.15, 0.2) is 5.69 Å². The van der Waals surface area contributed by atoms with Crippen molar-refractivity contribution >= 4 is 28.9 Å². The maximum absolute atomic E-state index is 13.4. The fourth-order valence-corrected chi connectivity index (χ4v) is 4.31. The highest BCUT2D eigenvalue weighted by Crippen LogP contribution is 2.39. The van der Waals surface area contributed by atoms with E-state index in [1.165, 1.54) is 6.33 Å². The van der Waals surface area contributed by atoms with Gasteiger partial charge in [0, 0.05) is 30.2 Å². The molecule has 0 spiro atoms. The molecule has 4 rings (SSSR count). The van der Waals surface area contributed by atoms with E-state index in [-0.39, 0.29) is 29.4 Å². The third kappa shape index (κ3) is 5.22. The largest absolute Gasteiger partial charge is 0.351 e. The smallest absolute Gasteiger partial charge is 0.272 e. The average Bonchev–Trinajstić information content (AvgIpc) is 3.61. The molecule has 2 fully saturated rings. The molecule has 10 nitrogen and oxygen atoms in total. The third-order valence-corrected chi connectivity index (χ3v) is 6.41. The fourth-order valence-electron chi connectivity index (χ4n) is 4.31. The molecule has 1 aliphatic carbocycles. The van der Waals surface area contributed by atoms with Gasteiger partial charge in [-0.05, 0) is 58.7 Å². The molecule has 34 heavy (non-hydrogen) atoms. The summed E-state index contributed by atoms with van der Waals surface area (Å²) in [6, 6.07) is 2.96. The molecule has 1 aliphatic heterocycles. The molecule has 2 aliphatic rings. The lowest BCUT2D eigenvalue weighted by Gasteiger charge is -2.33. The van der Waals surface area contributed by atoms with Gasteiger partial charge in [-0.3, -0.25) is 15.0 Å². The van der Waals surface area contributed by atoms with Crippen LogP contribution in [0, 0.1) is 5.41 Å². The van der Waals surface area contributed by atoms with Crippen molar-refractivity contribution in [2.75, 3.05) is 25.5 Å². The third-order valence-electron chi connectivity index (χ3n) is 6.41. The number of nitrogens with one attached hydrogen (secondary N) is 4. The molecule has 1 saturated heterocycles. The summed E-state index contributed by atoms with van der Waals surface area (Å²) in [7, 11) is 1.73.